The molecule has 0 bridgehead atoms. The number of hydrogen-bond acceptors (Lipinski definition) is 4. The standard InChI is InChI=1S/C14H18N2O2/c1-2-3-4-5-10-17-13-8-6-12(7-9-13)14-16-15-11-18-14/h6-9,11H,2-5,10H2,1H3. The number of nitrogens with zero attached hydrogens (tertiary/aromatic N) is 2. The van der Waals surface area contributed by atoms with E-state index in [9.17, 15) is 0 Å². The molecular formula is C14H18N2O2. The van der Waals surface area contributed by atoms with Crippen LogP contribution in [-0.2, 0) is 0 Å². The predicted octanol–water partition coefficient (Wildman–Crippen LogP) is 3.70. The molecule has 0 aliphatic heterocycles. The van der Waals surface area contributed by atoms with E-state index < -0.39 is 0 Å². The summed E-state index contributed by atoms with van der Waals surface area (Å²) in [6.45, 7) is 2.98. The Morgan fingerprint density at radius 3 is 2.61 bits per heavy atom. The van der Waals surface area contributed by atoms with Gasteiger partial charge in [-0.15, -0.1) is 10.2 Å². The summed E-state index contributed by atoms with van der Waals surface area (Å²) in [5, 5.41) is 7.51. The van der Waals surface area contributed by atoms with Crippen LogP contribution in [0.4, 0.5) is 0 Å². The van der Waals surface area contributed by atoms with E-state index in [-0.39, 0.29) is 0 Å². The van der Waals surface area contributed by atoms with Gasteiger partial charge >= 0.3 is 0 Å². The van der Waals surface area contributed by atoms with Crippen LogP contribution in [0.1, 0.15) is 32.6 Å². The third-order valence-corrected chi connectivity index (χ3v) is 2.73. The Bertz CT molecular complexity index is 437. The Kier molecular flexibility index (Phi) is 4.76. The molecule has 4 heteroatoms. The van der Waals surface area contributed by atoms with Gasteiger partial charge in [0.15, 0.2) is 0 Å². The molecule has 0 atom stereocenters. The number of unbranched alkanes of at least 4 members (excludes halogenated alkanes) is 3. The van der Waals surface area contributed by atoms with Crippen molar-refractivity contribution in [2.75, 3.05) is 6.61 Å². The highest BCUT2D eigenvalue weighted by Crippen LogP contribution is 2.20. The molecule has 2 rings (SSSR count). The maximum atomic E-state index is 5.66. The number of hydrogen-bond donors (Lipinski definition) is 0. The fourth-order valence-corrected chi connectivity index (χ4v) is 1.71. The third-order valence-electron chi connectivity index (χ3n) is 2.73. The van der Waals surface area contributed by atoms with Gasteiger partial charge < -0.3 is 9.15 Å². The van der Waals surface area contributed by atoms with Crippen molar-refractivity contribution in [2.24, 2.45) is 0 Å². The lowest BCUT2D eigenvalue weighted by Crippen LogP contribution is -1.96. The molecular weight excluding hydrogens is 228 g/mol. The summed E-state index contributed by atoms with van der Waals surface area (Å²) in [4.78, 5) is 0. The van der Waals surface area contributed by atoms with E-state index in [1.807, 2.05) is 24.3 Å². The summed E-state index contributed by atoms with van der Waals surface area (Å²) in [6, 6.07) is 7.71. The van der Waals surface area contributed by atoms with Crippen molar-refractivity contribution in [2.45, 2.75) is 32.6 Å². The number of ether oxygens (including phenoxy) is 1. The molecule has 96 valence electrons. The average Bonchev–Trinajstić information content (AvgIpc) is 2.93. The van der Waals surface area contributed by atoms with Gasteiger partial charge in [-0.3, -0.25) is 0 Å². The average molecular weight is 246 g/mol. The lowest BCUT2D eigenvalue weighted by Gasteiger charge is -2.05. The third kappa shape index (κ3) is 3.58. The van der Waals surface area contributed by atoms with Gasteiger partial charge in [-0.1, -0.05) is 26.2 Å². The van der Waals surface area contributed by atoms with Gasteiger partial charge in [-0.25, -0.2) is 0 Å². The molecule has 0 N–H and O–H groups in total. The Hall–Kier alpha value is -1.84. The van der Waals surface area contributed by atoms with Crippen LogP contribution in [-0.4, -0.2) is 16.8 Å². The molecule has 0 saturated carbocycles. The molecule has 0 aliphatic rings. The minimum atomic E-state index is 0.532. The lowest BCUT2D eigenvalue weighted by atomic mass is 10.2. The Morgan fingerprint density at radius 1 is 1.11 bits per heavy atom. The minimum Gasteiger partial charge on any atom is -0.494 e. The SMILES string of the molecule is CCCCCCOc1ccc(-c2nnco2)cc1. The molecule has 18 heavy (non-hydrogen) atoms. The van der Waals surface area contributed by atoms with Crippen LogP contribution in [0.25, 0.3) is 11.5 Å². The monoisotopic (exact) mass is 246 g/mol. The summed E-state index contributed by atoms with van der Waals surface area (Å²) in [5.74, 6) is 1.42. The highest BCUT2D eigenvalue weighted by Gasteiger charge is 2.03. The normalized spacial score (nSPS) is 10.5. The lowest BCUT2D eigenvalue weighted by molar-refractivity contribution is 0.305. The van der Waals surface area contributed by atoms with Crippen LogP contribution in [0.5, 0.6) is 5.75 Å². The quantitative estimate of drug-likeness (QED) is 0.699. The topological polar surface area (TPSA) is 48.2 Å². The van der Waals surface area contributed by atoms with Crippen molar-refractivity contribution in [3.8, 4) is 17.2 Å². The molecule has 2 aromatic rings. The smallest absolute Gasteiger partial charge is 0.247 e. The highest BCUT2D eigenvalue weighted by atomic mass is 16.5. The van der Waals surface area contributed by atoms with Crippen molar-refractivity contribution in [1.82, 2.24) is 10.2 Å². The molecule has 0 unspecified atom stereocenters. The first-order valence-electron chi connectivity index (χ1n) is 6.39. The van der Waals surface area contributed by atoms with Crippen LogP contribution in [0, 0.1) is 0 Å². The number of rotatable bonds is 7. The Morgan fingerprint density at radius 2 is 1.94 bits per heavy atom. The van der Waals surface area contributed by atoms with E-state index in [1.54, 1.807) is 0 Å². The van der Waals surface area contributed by atoms with Crippen LogP contribution in [0.2, 0.25) is 0 Å². The van der Waals surface area contributed by atoms with E-state index in [4.69, 9.17) is 9.15 Å². The number of benzene rings is 1. The van der Waals surface area contributed by atoms with Gasteiger partial charge in [0.05, 0.1) is 6.61 Å². The van der Waals surface area contributed by atoms with Crippen molar-refractivity contribution in [3.05, 3.63) is 30.7 Å². The molecule has 0 radical (unpaired) electrons. The first kappa shape index (κ1) is 12.6. The fraction of sp³-hybridized carbons (Fsp3) is 0.429. The van der Waals surface area contributed by atoms with E-state index in [0.29, 0.717) is 5.89 Å². The van der Waals surface area contributed by atoms with Crippen LogP contribution in [0.15, 0.2) is 35.1 Å². The molecule has 1 aromatic heterocycles. The van der Waals surface area contributed by atoms with Gasteiger partial charge in [0.25, 0.3) is 0 Å². The maximum absolute atomic E-state index is 5.66. The summed E-state index contributed by atoms with van der Waals surface area (Å²) >= 11 is 0. The zero-order valence-corrected chi connectivity index (χ0v) is 10.6. The first-order chi connectivity index (χ1) is 8.90. The van der Waals surface area contributed by atoms with E-state index in [1.165, 1.54) is 25.7 Å². The molecule has 0 saturated heterocycles. The van der Waals surface area contributed by atoms with Gasteiger partial charge in [0, 0.05) is 5.56 Å². The van der Waals surface area contributed by atoms with E-state index >= 15 is 0 Å². The molecule has 4 nitrogen and oxygen atoms in total. The molecule has 0 spiro atoms. The molecule has 0 aliphatic carbocycles. The zero-order chi connectivity index (χ0) is 12.6. The number of aromatic nitrogens is 2. The maximum Gasteiger partial charge on any atom is 0.247 e. The van der Waals surface area contributed by atoms with E-state index in [2.05, 4.69) is 17.1 Å². The second-order valence-corrected chi connectivity index (χ2v) is 4.18. The first-order valence-corrected chi connectivity index (χ1v) is 6.39. The van der Waals surface area contributed by atoms with Crippen molar-refractivity contribution in [3.63, 3.8) is 0 Å². The van der Waals surface area contributed by atoms with Gasteiger partial charge in [-0.2, -0.15) is 0 Å². The molecule has 0 amide bonds. The second-order valence-electron chi connectivity index (χ2n) is 4.18. The Balaban J connectivity index is 1.81. The van der Waals surface area contributed by atoms with Crippen molar-refractivity contribution < 1.29 is 9.15 Å². The fourth-order valence-electron chi connectivity index (χ4n) is 1.71. The van der Waals surface area contributed by atoms with Crippen LogP contribution >= 0.6 is 0 Å². The molecule has 1 heterocycles. The second kappa shape index (κ2) is 6.79. The Labute approximate surface area is 107 Å². The van der Waals surface area contributed by atoms with E-state index in [0.717, 1.165) is 24.3 Å². The predicted molar refractivity (Wildman–Crippen MR) is 69.4 cm³/mol. The zero-order valence-electron chi connectivity index (χ0n) is 10.6. The van der Waals surface area contributed by atoms with Gasteiger partial charge in [0.2, 0.25) is 12.3 Å². The summed E-state index contributed by atoms with van der Waals surface area (Å²) in [7, 11) is 0. The van der Waals surface area contributed by atoms with Gasteiger partial charge in [-0.05, 0) is 30.7 Å². The van der Waals surface area contributed by atoms with Crippen LogP contribution in [0.3, 0.4) is 0 Å². The highest BCUT2D eigenvalue weighted by molar-refractivity contribution is 5.53. The van der Waals surface area contributed by atoms with Gasteiger partial charge in [0.1, 0.15) is 5.75 Å². The minimum absolute atomic E-state index is 0.532. The molecule has 1 aromatic carbocycles. The van der Waals surface area contributed by atoms with Crippen LogP contribution < -0.4 is 4.74 Å². The van der Waals surface area contributed by atoms with Crippen molar-refractivity contribution in [1.29, 1.82) is 0 Å². The summed E-state index contributed by atoms with van der Waals surface area (Å²) in [6.07, 6.45) is 6.20. The summed E-state index contributed by atoms with van der Waals surface area (Å²) < 4.78 is 10.8. The summed E-state index contributed by atoms with van der Waals surface area (Å²) in [5.41, 5.74) is 0.908. The molecule has 0 fully saturated rings. The van der Waals surface area contributed by atoms with Crippen molar-refractivity contribution >= 4 is 0 Å². The largest absolute Gasteiger partial charge is 0.494 e.